The zero-order valence-electron chi connectivity index (χ0n) is 14.6. The predicted octanol–water partition coefficient (Wildman–Crippen LogP) is 3.86. The highest BCUT2D eigenvalue weighted by molar-refractivity contribution is 7.09. The number of carbonyl (C=O) groups is 1. The Labute approximate surface area is 157 Å². The van der Waals surface area contributed by atoms with Crippen LogP contribution in [0.25, 0.3) is 0 Å². The highest BCUT2D eigenvalue weighted by Crippen LogP contribution is 2.15. The van der Waals surface area contributed by atoms with Gasteiger partial charge in [0.15, 0.2) is 0 Å². The molecule has 0 unspecified atom stereocenters. The lowest BCUT2D eigenvalue weighted by Gasteiger charge is -2.06. The number of amides is 1. The minimum Gasteiger partial charge on any atom is -0.494 e. The largest absolute Gasteiger partial charge is 0.494 e. The van der Waals surface area contributed by atoms with Crippen LogP contribution in [0.5, 0.6) is 5.75 Å². The van der Waals surface area contributed by atoms with Crippen molar-refractivity contribution in [2.75, 3.05) is 13.2 Å². The zero-order chi connectivity index (χ0) is 18.0. The number of para-hydroxylation sites is 1. The molecule has 1 N–H and O–H groups in total. The standard InChI is InChI=1S/C21H22N2O2S/c24-20(22-12-7-13-25-19-10-5-2-6-11-19)15-18-16-26-21(23-18)14-17-8-3-1-4-9-17/h1-6,8-11,16H,7,12-15H2,(H,22,24). The van der Waals surface area contributed by atoms with Crippen LogP contribution in [0.2, 0.25) is 0 Å². The summed E-state index contributed by atoms with van der Waals surface area (Å²) in [6.45, 7) is 1.19. The van der Waals surface area contributed by atoms with Gasteiger partial charge in [0.2, 0.25) is 5.91 Å². The Bertz CT molecular complexity index is 803. The third kappa shape index (κ3) is 6.01. The molecule has 0 radical (unpaired) electrons. The van der Waals surface area contributed by atoms with Crippen molar-refractivity contribution in [3.63, 3.8) is 0 Å². The summed E-state index contributed by atoms with van der Waals surface area (Å²) in [7, 11) is 0. The number of aromatic nitrogens is 1. The molecule has 0 aliphatic rings. The maximum Gasteiger partial charge on any atom is 0.226 e. The van der Waals surface area contributed by atoms with E-state index in [2.05, 4.69) is 22.4 Å². The molecule has 0 aliphatic carbocycles. The monoisotopic (exact) mass is 366 g/mol. The third-order valence-corrected chi connectivity index (χ3v) is 4.69. The van der Waals surface area contributed by atoms with Crippen LogP contribution in [0.4, 0.5) is 0 Å². The molecule has 2 aromatic carbocycles. The van der Waals surface area contributed by atoms with Gasteiger partial charge in [-0.15, -0.1) is 11.3 Å². The normalized spacial score (nSPS) is 10.5. The quantitative estimate of drug-likeness (QED) is 0.585. The smallest absolute Gasteiger partial charge is 0.226 e. The molecule has 0 saturated heterocycles. The molecule has 0 aliphatic heterocycles. The van der Waals surface area contributed by atoms with E-state index in [0.717, 1.165) is 29.3 Å². The SMILES string of the molecule is O=C(Cc1csc(Cc2ccccc2)n1)NCCCOc1ccccc1. The summed E-state index contributed by atoms with van der Waals surface area (Å²) < 4.78 is 5.60. The van der Waals surface area contributed by atoms with Gasteiger partial charge in [-0.25, -0.2) is 4.98 Å². The topological polar surface area (TPSA) is 51.2 Å². The van der Waals surface area contributed by atoms with E-state index in [-0.39, 0.29) is 5.91 Å². The van der Waals surface area contributed by atoms with Crippen LogP contribution in [0.3, 0.4) is 0 Å². The first-order valence-corrected chi connectivity index (χ1v) is 9.59. The van der Waals surface area contributed by atoms with Gasteiger partial charge in [0.05, 0.1) is 23.7 Å². The number of thiazole rings is 1. The van der Waals surface area contributed by atoms with E-state index in [1.807, 2.05) is 53.9 Å². The zero-order valence-corrected chi connectivity index (χ0v) is 15.4. The first-order chi connectivity index (χ1) is 12.8. The maximum atomic E-state index is 12.0. The highest BCUT2D eigenvalue weighted by atomic mass is 32.1. The Morgan fingerprint density at radius 2 is 1.77 bits per heavy atom. The number of nitrogens with zero attached hydrogens (tertiary/aromatic N) is 1. The van der Waals surface area contributed by atoms with Crippen molar-refractivity contribution in [2.24, 2.45) is 0 Å². The summed E-state index contributed by atoms with van der Waals surface area (Å²) >= 11 is 1.60. The summed E-state index contributed by atoms with van der Waals surface area (Å²) in [6.07, 6.45) is 1.91. The summed E-state index contributed by atoms with van der Waals surface area (Å²) in [6, 6.07) is 19.9. The molecule has 5 heteroatoms. The van der Waals surface area contributed by atoms with Gasteiger partial charge in [-0.05, 0) is 24.1 Å². The van der Waals surface area contributed by atoms with Gasteiger partial charge in [0.25, 0.3) is 0 Å². The van der Waals surface area contributed by atoms with Crippen molar-refractivity contribution in [2.45, 2.75) is 19.3 Å². The second-order valence-corrected chi connectivity index (χ2v) is 6.88. The molecule has 3 aromatic rings. The van der Waals surface area contributed by atoms with Crippen LogP contribution in [0, 0.1) is 0 Å². The highest BCUT2D eigenvalue weighted by Gasteiger charge is 2.08. The fourth-order valence-electron chi connectivity index (χ4n) is 2.52. The molecule has 0 spiro atoms. The number of benzene rings is 2. The fourth-order valence-corrected chi connectivity index (χ4v) is 3.34. The van der Waals surface area contributed by atoms with Gasteiger partial charge < -0.3 is 10.1 Å². The molecule has 1 amide bonds. The minimum absolute atomic E-state index is 0.00118. The van der Waals surface area contributed by atoms with Crippen molar-refractivity contribution in [3.8, 4) is 5.75 Å². The average molecular weight is 366 g/mol. The van der Waals surface area contributed by atoms with Gasteiger partial charge in [0, 0.05) is 18.3 Å². The van der Waals surface area contributed by atoms with Gasteiger partial charge in [-0.2, -0.15) is 0 Å². The van der Waals surface area contributed by atoms with Crippen LogP contribution in [0.1, 0.15) is 22.7 Å². The molecule has 26 heavy (non-hydrogen) atoms. The molecule has 0 saturated carbocycles. The lowest BCUT2D eigenvalue weighted by atomic mass is 10.2. The van der Waals surface area contributed by atoms with E-state index in [4.69, 9.17) is 4.74 Å². The molecule has 1 heterocycles. The third-order valence-electron chi connectivity index (χ3n) is 3.79. The molecule has 3 rings (SSSR count). The summed E-state index contributed by atoms with van der Waals surface area (Å²) in [5, 5.41) is 5.93. The van der Waals surface area contributed by atoms with Crippen molar-refractivity contribution >= 4 is 17.2 Å². The van der Waals surface area contributed by atoms with Crippen molar-refractivity contribution in [1.82, 2.24) is 10.3 Å². The maximum absolute atomic E-state index is 12.0. The molecule has 0 fully saturated rings. The molecule has 1 aromatic heterocycles. The van der Waals surface area contributed by atoms with Crippen LogP contribution in [-0.4, -0.2) is 24.0 Å². The van der Waals surface area contributed by atoms with E-state index < -0.39 is 0 Å². The molecule has 4 nitrogen and oxygen atoms in total. The van der Waals surface area contributed by atoms with Crippen LogP contribution >= 0.6 is 11.3 Å². The summed E-state index contributed by atoms with van der Waals surface area (Å²) in [4.78, 5) is 16.6. The number of nitrogens with one attached hydrogen (secondary N) is 1. The number of hydrogen-bond acceptors (Lipinski definition) is 4. The van der Waals surface area contributed by atoms with E-state index in [1.165, 1.54) is 5.56 Å². The Morgan fingerprint density at radius 3 is 2.54 bits per heavy atom. The van der Waals surface area contributed by atoms with E-state index >= 15 is 0 Å². The predicted molar refractivity (Wildman–Crippen MR) is 105 cm³/mol. The Kier molecular flexibility index (Phi) is 6.79. The number of carbonyl (C=O) groups excluding carboxylic acids is 1. The molecular weight excluding hydrogens is 344 g/mol. The first kappa shape index (κ1) is 18.1. The van der Waals surface area contributed by atoms with Gasteiger partial charge >= 0.3 is 0 Å². The van der Waals surface area contributed by atoms with E-state index in [1.54, 1.807) is 11.3 Å². The molecule has 0 atom stereocenters. The average Bonchev–Trinajstić information content (AvgIpc) is 3.10. The van der Waals surface area contributed by atoms with Crippen molar-refractivity contribution in [1.29, 1.82) is 0 Å². The van der Waals surface area contributed by atoms with Crippen molar-refractivity contribution in [3.05, 3.63) is 82.3 Å². The van der Waals surface area contributed by atoms with Crippen molar-refractivity contribution < 1.29 is 9.53 Å². The summed E-state index contributed by atoms with van der Waals surface area (Å²) in [5.41, 5.74) is 2.07. The van der Waals surface area contributed by atoms with Crippen LogP contribution in [-0.2, 0) is 17.6 Å². The lowest BCUT2D eigenvalue weighted by Crippen LogP contribution is -2.27. The second kappa shape index (κ2) is 9.73. The minimum atomic E-state index is 0.00118. The van der Waals surface area contributed by atoms with Gasteiger partial charge in [-0.1, -0.05) is 48.5 Å². The number of hydrogen-bond donors (Lipinski definition) is 1. The van der Waals surface area contributed by atoms with Crippen LogP contribution in [0.15, 0.2) is 66.0 Å². The molecule has 0 bridgehead atoms. The van der Waals surface area contributed by atoms with E-state index in [9.17, 15) is 4.79 Å². The molecule has 134 valence electrons. The lowest BCUT2D eigenvalue weighted by molar-refractivity contribution is -0.120. The number of ether oxygens (including phenoxy) is 1. The number of rotatable bonds is 9. The molecular formula is C21H22N2O2S. The van der Waals surface area contributed by atoms with Gasteiger partial charge in [-0.3, -0.25) is 4.79 Å². The van der Waals surface area contributed by atoms with Gasteiger partial charge in [0.1, 0.15) is 5.75 Å². The van der Waals surface area contributed by atoms with E-state index in [0.29, 0.717) is 19.6 Å². The Balaban J connectivity index is 1.34. The Hall–Kier alpha value is -2.66. The Morgan fingerprint density at radius 1 is 1.04 bits per heavy atom. The first-order valence-electron chi connectivity index (χ1n) is 8.71. The fraction of sp³-hybridized carbons (Fsp3) is 0.238. The summed E-state index contributed by atoms with van der Waals surface area (Å²) in [5.74, 6) is 0.855. The van der Waals surface area contributed by atoms with Crippen LogP contribution < -0.4 is 10.1 Å². The second-order valence-electron chi connectivity index (χ2n) is 5.94.